The molecule has 0 spiro atoms. The molecule has 2 N–H and O–H groups in total. The number of methoxy groups -OCH3 is 1. The first-order valence-corrected chi connectivity index (χ1v) is 8.26. The summed E-state index contributed by atoms with van der Waals surface area (Å²) in [6.07, 6.45) is 0. The number of rotatable bonds is 2. The summed E-state index contributed by atoms with van der Waals surface area (Å²) in [5, 5.41) is 0.655. The second-order valence-electron chi connectivity index (χ2n) is 5.02. The van der Waals surface area contributed by atoms with Crippen molar-refractivity contribution < 1.29 is 4.74 Å². The zero-order valence-electron chi connectivity index (χ0n) is 12.6. The summed E-state index contributed by atoms with van der Waals surface area (Å²) in [4.78, 5) is 13.9. The lowest BCUT2D eigenvalue weighted by Gasteiger charge is -2.01. The van der Waals surface area contributed by atoms with E-state index in [9.17, 15) is 0 Å². The summed E-state index contributed by atoms with van der Waals surface area (Å²) in [6, 6.07) is 13.0. The van der Waals surface area contributed by atoms with Gasteiger partial charge in [-0.2, -0.15) is 9.97 Å². The van der Waals surface area contributed by atoms with Crippen LogP contribution >= 0.6 is 22.9 Å². The number of nitrogen functional groups attached to an aromatic ring is 1. The summed E-state index contributed by atoms with van der Waals surface area (Å²) in [5.74, 6) is 0.966. The van der Waals surface area contributed by atoms with Gasteiger partial charge in [-0.3, -0.25) is 4.40 Å². The van der Waals surface area contributed by atoms with Crippen molar-refractivity contribution in [2.45, 2.75) is 0 Å². The van der Waals surface area contributed by atoms with Gasteiger partial charge in [0.05, 0.1) is 23.0 Å². The van der Waals surface area contributed by atoms with Crippen molar-refractivity contribution in [2.75, 3.05) is 12.8 Å². The Balaban J connectivity index is 2.05. The molecular formula is C16H12ClN5OS. The third kappa shape index (κ3) is 2.57. The molecule has 0 aliphatic carbocycles. The number of hydrogen-bond donors (Lipinski definition) is 1. The normalized spacial score (nSPS) is 12.2. The van der Waals surface area contributed by atoms with Gasteiger partial charge in [0, 0.05) is 5.02 Å². The van der Waals surface area contributed by atoms with Crippen LogP contribution in [0.25, 0.3) is 15.2 Å². The minimum atomic E-state index is 0.182. The fourth-order valence-corrected chi connectivity index (χ4v) is 3.55. The van der Waals surface area contributed by atoms with Crippen LogP contribution in [0.4, 0.5) is 11.6 Å². The number of benzene rings is 2. The van der Waals surface area contributed by atoms with Gasteiger partial charge < -0.3 is 10.5 Å². The van der Waals surface area contributed by atoms with Gasteiger partial charge in [-0.05, 0) is 42.5 Å². The van der Waals surface area contributed by atoms with Crippen molar-refractivity contribution >= 4 is 49.8 Å². The lowest BCUT2D eigenvalue weighted by molar-refractivity contribution is 0.415. The topological polar surface area (TPSA) is 77.8 Å². The van der Waals surface area contributed by atoms with E-state index in [0.29, 0.717) is 10.6 Å². The van der Waals surface area contributed by atoms with Gasteiger partial charge in [-0.1, -0.05) is 22.9 Å². The summed E-state index contributed by atoms with van der Waals surface area (Å²) in [7, 11) is 1.64. The van der Waals surface area contributed by atoms with Crippen LogP contribution in [0.3, 0.4) is 0 Å². The lowest BCUT2D eigenvalue weighted by atomic mass is 10.3. The molecule has 2 aromatic carbocycles. The molecule has 0 atom stereocenters. The first-order chi connectivity index (χ1) is 11.6. The summed E-state index contributed by atoms with van der Waals surface area (Å²) in [6.45, 7) is 0. The molecule has 0 radical (unpaired) electrons. The molecule has 6 nitrogen and oxygen atoms in total. The maximum atomic E-state index is 5.92. The SMILES string of the molecule is COc1ccc2c(c1)sc1nc(N)n/c(=N\c3ccc(Cl)cc3)n12. The minimum absolute atomic E-state index is 0.182. The van der Waals surface area contributed by atoms with E-state index in [-0.39, 0.29) is 5.95 Å². The largest absolute Gasteiger partial charge is 0.497 e. The molecule has 8 heteroatoms. The number of nitrogens with two attached hydrogens (primary N) is 1. The molecule has 4 rings (SSSR count). The fraction of sp³-hybridized carbons (Fsp3) is 0.0625. The molecule has 2 aromatic heterocycles. The Kier molecular flexibility index (Phi) is 3.59. The average Bonchev–Trinajstić information content (AvgIpc) is 2.93. The van der Waals surface area contributed by atoms with Gasteiger partial charge in [-0.15, -0.1) is 0 Å². The predicted molar refractivity (Wildman–Crippen MR) is 96.0 cm³/mol. The van der Waals surface area contributed by atoms with Crippen molar-refractivity contribution in [3.05, 3.63) is 53.1 Å². The highest BCUT2D eigenvalue weighted by Gasteiger charge is 2.10. The number of aromatic nitrogens is 3. The van der Waals surface area contributed by atoms with Gasteiger partial charge in [-0.25, -0.2) is 4.99 Å². The van der Waals surface area contributed by atoms with E-state index in [2.05, 4.69) is 15.0 Å². The molecule has 2 heterocycles. The number of hydrogen-bond acceptors (Lipinski definition) is 6. The fourth-order valence-electron chi connectivity index (χ4n) is 2.38. The average molecular weight is 358 g/mol. The zero-order chi connectivity index (χ0) is 16.7. The first kappa shape index (κ1) is 14.9. The molecule has 24 heavy (non-hydrogen) atoms. The third-order valence-corrected chi connectivity index (χ3v) is 4.74. The zero-order valence-corrected chi connectivity index (χ0v) is 14.2. The number of thiazole rings is 1. The molecule has 0 saturated heterocycles. The number of nitrogens with zero attached hydrogens (tertiary/aromatic N) is 4. The molecule has 0 fully saturated rings. The van der Waals surface area contributed by atoms with Crippen molar-refractivity contribution in [1.29, 1.82) is 0 Å². The monoisotopic (exact) mass is 357 g/mol. The van der Waals surface area contributed by atoms with Crippen LogP contribution in [0, 0.1) is 0 Å². The van der Waals surface area contributed by atoms with E-state index in [1.807, 2.05) is 34.7 Å². The van der Waals surface area contributed by atoms with E-state index in [0.717, 1.165) is 26.6 Å². The molecule has 0 aliphatic heterocycles. The van der Waals surface area contributed by atoms with Crippen LogP contribution in [0.2, 0.25) is 5.02 Å². The maximum absolute atomic E-state index is 5.92. The number of ether oxygens (including phenoxy) is 1. The van der Waals surface area contributed by atoms with Crippen LogP contribution in [0.15, 0.2) is 47.5 Å². The van der Waals surface area contributed by atoms with E-state index >= 15 is 0 Å². The second-order valence-corrected chi connectivity index (χ2v) is 6.47. The summed E-state index contributed by atoms with van der Waals surface area (Å²) in [5.41, 5.74) is 8.00. The number of anilines is 1. The Morgan fingerprint density at radius 1 is 1.17 bits per heavy atom. The van der Waals surface area contributed by atoms with E-state index < -0.39 is 0 Å². The highest BCUT2D eigenvalue weighted by atomic mass is 35.5. The molecule has 0 saturated carbocycles. The quantitative estimate of drug-likeness (QED) is 0.596. The van der Waals surface area contributed by atoms with E-state index in [1.165, 1.54) is 11.3 Å². The van der Waals surface area contributed by atoms with E-state index in [1.54, 1.807) is 19.2 Å². The van der Waals surface area contributed by atoms with Crippen molar-refractivity contribution in [2.24, 2.45) is 4.99 Å². The van der Waals surface area contributed by atoms with Crippen LogP contribution < -0.4 is 16.1 Å². The van der Waals surface area contributed by atoms with Gasteiger partial charge >= 0.3 is 0 Å². The Morgan fingerprint density at radius 2 is 1.96 bits per heavy atom. The van der Waals surface area contributed by atoms with Crippen molar-refractivity contribution in [3.8, 4) is 5.75 Å². The molecular weight excluding hydrogens is 346 g/mol. The number of fused-ring (bicyclic) bond motifs is 3. The van der Waals surface area contributed by atoms with Gasteiger partial charge in [0.2, 0.25) is 16.5 Å². The third-order valence-electron chi connectivity index (χ3n) is 3.48. The second kappa shape index (κ2) is 5.77. The molecule has 0 aliphatic rings. The highest BCUT2D eigenvalue weighted by molar-refractivity contribution is 7.23. The van der Waals surface area contributed by atoms with Crippen LogP contribution in [0.1, 0.15) is 0 Å². The lowest BCUT2D eigenvalue weighted by Crippen LogP contribution is -2.20. The smallest absolute Gasteiger partial charge is 0.240 e. The number of halogens is 1. The summed E-state index contributed by atoms with van der Waals surface area (Å²) < 4.78 is 8.17. The summed E-state index contributed by atoms with van der Waals surface area (Å²) >= 11 is 7.42. The van der Waals surface area contributed by atoms with Gasteiger partial charge in [0.15, 0.2) is 0 Å². The molecule has 120 valence electrons. The molecule has 0 bridgehead atoms. The maximum Gasteiger partial charge on any atom is 0.240 e. The first-order valence-electron chi connectivity index (χ1n) is 7.07. The molecule has 4 aromatic rings. The van der Waals surface area contributed by atoms with Crippen LogP contribution in [-0.4, -0.2) is 21.5 Å². The predicted octanol–water partition coefficient (Wildman–Crippen LogP) is 3.42. The van der Waals surface area contributed by atoms with Crippen LogP contribution in [0.5, 0.6) is 5.75 Å². The van der Waals surface area contributed by atoms with E-state index in [4.69, 9.17) is 22.1 Å². The van der Waals surface area contributed by atoms with Crippen LogP contribution in [-0.2, 0) is 0 Å². The minimum Gasteiger partial charge on any atom is -0.497 e. The Bertz CT molecular complexity index is 1120. The van der Waals surface area contributed by atoms with Gasteiger partial charge in [0.25, 0.3) is 0 Å². The van der Waals surface area contributed by atoms with Crippen molar-refractivity contribution in [1.82, 2.24) is 14.4 Å². The Hall–Kier alpha value is -2.64. The highest BCUT2D eigenvalue weighted by Crippen LogP contribution is 2.28. The standard InChI is InChI=1S/C16H12ClN5OS/c1-23-11-6-7-12-13(8-11)24-16-21-14(18)20-15(22(12)16)19-10-4-2-9(17)3-5-10/h2-8H,1H3,(H2,18,19,20). The molecule has 0 unspecified atom stereocenters. The van der Waals surface area contributed by atoms with Crippen molar-refractivity contribution in [3.63, 3.8) is 0 Å². The van der Waals surface area contributed by atoms with Gasteiger partial charge in [0.1, 0.15) is 5.75 Å². The Labute approximate surface area is 145 Å². The molecule has 0 amide bonds. The Morgan fingerprint density at radius 3 is 2.71 bits per heavy atom.